The van der Waals surface area contributed by atoms with Gasteiger partial charge in [-0.25, -0.2) is 4.79 Å². The fraction of sp³-hybridized carbons (Fsp3) is 0.688. The molecule has 4 amide bonds. The van der Waals surface area contributed by atoms with Crippen LogP contribution >= 0.6 is 0 Å². The molecule has 10 heteroatoms. The lowest BCUT2D eigenvalue weighted by Gasteiger charge is -2.19. The van der Waals surface area contributed by atoms with Crippen molar-refractivity contribution in [2.75, 3.05) is 26.8 Å². The predicted molar refractivity (Wildman–Crippen MR) is 86.7 cm³/mol. The number of imide groups is 1. The number of amides is 4. The van der Waals surface area contributed by atoms with E-state index >= 15 is 0 Å². The molecule has 1 saturated carbocycles. The van der Waals surface area contributed by atoms with Gasteiger partial charge in [0.25, 0.3) is 11.8 Å². The Morgan fingerprint density at radius 1 is 1.19 bits per heavy atom. The fourth-order valence-electron chi connectivity index (χ4n) is 3.07. The van der Waals surface area contributed by atoms with Crippen LogP contribution in [0.25, 0.3) is 0 Å². The van der Waals surface area contributed by atoms with Crippen molar-refractivity contribution in [3.8, 4) is 0 Å². The van der Waals surface area contributed by atoms with E-state index in [9.17, 15) is 24.0 Å². The highest BCUT2D eigenvalue weighted by molar-refractivity contribution is 6.08. The first kappa shape index (κ1) is 19.7. The van der Waals surface area contributed by atoms with Crippen LogP contribution in [0.1, 0.15) is 38.5 Å². The highest BCUT2D eigenvalue weighted by atomic mass is 16.5. The normalized spacial score (nSPS) is 18.0. The molecule has 2 N–H and O–H groups in total. The third-order valence-electron chi connectivity index (χ3n) is 4.46. The van der Waals surface area contributed by atoms with Gasteiger partial charge in [0, 0.05) is 13.0 Å². The third kappa shape index (κ3) is 4.70. The van der Waals surface area contributed by atoms with Crippen molar-refractivity contribution in [2.24, 2.45) is 0 Å². The molecule has 1 saturated heterocycles. The van der Waals surface area contributed by atoms with Crippen LogP contribution in [-0.4, -0.2) is 67.0 Å². The number of nitrogens with zero attached hydrogens (tertiary/aromatic N) is 1. The van der Waals surface area contributed by atoms with E-state index in [2.05, 4.69) is 15.4 Å². The van der Waals surface area contributed by atoms with E-state index in [0.717, 1.165) is 17.7 Å². The van der Waals surface area contributed by atoms with Crippen LogP contribution in [0.4, 0.5) is 4.79 Å². The van der Waals surface area contributed by atoms with Crippen LogP contribution in [0.3, 0.4) is 0 Å². The molecule has 1 aliphatic carbocycles. The number of urea groups is 1. The minimum atomic E-state index is -0.881. The van der Waals surface area contributed by atoms with Crippen molar-refractivity contribution in [1.82, 2.24) is 15.5 Å². The van der Waals surface area contributed by atoms with E-state index in [1.54, 1.807) is 0 Å². The van der Waals surface area contributed by atoms with Gasteiger partial charge in [0.05, 0.1) is 7.11 Å². The lowest BCUT2D eigenvalue weighted by molar-refractivity contribution is -0.151. The number of hydrogen-bond donors (Lipinski definition) is 2. The third-order valence-corrected chi connectivity index (χ3v) is 4.46. The van der Waals surface area contributed by atoms with Crippen LogP contribution in [0.15, 0.2) is 0 Å². The number of rotatable bonds is 8. The zero-order valence-corrected chi connectivity index (χ0v) is 14.7. The SMILES string of the molecule is COC(=O)CCCNC(=O)COC(=O)CN1C(=O)NC2(CCCC2)C1=O. The van der Waals surface area contributed by atoms with Crippen molar-refractivity contribution in [2.45, 2.75) is 44.1 Å². The number of hydrogen-bond acceptors (Lipinski definition) is 7. The van der Waals surface area contributed by atoms with E-state index in [1.807, 2.05) is 0 Å². The zero-order valence-electron chi connectivity index (χ0n) is 14.7. The summed E-state index contributed by atoms with van der Waals surface area (Å²) in [5.41, 5.74) is -0.881. The first-order chi connectivity index (χ1) is 12.4. The molecule has 2 fully saturated rings. The van der Waals surface area contributed by atoms with Gasteiger partial charge in [-0.2, -0.15) is 0 Å². The molecule has 0 bridgehead atoms. The molecule has 1 spiro atoms. The molecule has 144 valence electrons. The topological polar surface area (TPSA) is 131 Å². The summed E-state index contributed by atoms with van der Waals surface area (Å²) < 4.78 is 9.26. The quantitative estimate of drug-likeness (QED) is 0.334. The molecule has 2 rings (SSSR count). The van der Waals surface area contributed by atoms with Crippen molar-refractivity contribution in [1.29, 1.82) is 0 Å². The van der Waals surface area contributed by atoms with E-state index < -0.39 is 42.5 Å². The summed E-state index contributed by atoms with van der Waals surface area (Å²) in [5.74, 6) is -2.16. The molecular formula is C16H23N3O7. The predicted octanol–water partition coefficient (Wildman–Crippen LogP) is -0.536. The molecular weight excluding hydrogens is 346 g/mol. The Hall–Kier alpha value is -2.65. The Morgan fingerprint density at radius 3 is 2.54 bits per heavy atom. The second-order valence-electron chi connectivity index (χ2n) is 6.30. The number of carbonyl (C=O) groups is 5. The van der Waals surface area contributed by atoms with Crippen molar-refractivity contribution in [3.63, 3.8) is 0 Å². The summed E-state index contributed by atoms with van der Waals surface area (Å²) in [6.45, 7) is -0.811. The van der Waals surface area contributed by atoms with Crippen molar-refractivity contribution in [3.05, 3.63) is 0 Å². The largest absolute Gasteiger partial charge is 0.469 e. The van der Waals surface area contributed by atoms with E-state index in [4.69, 9.17) is 4.74 Å². The van der Waals surface area contributed by atoms with Crippen LogP contribution in [-0.2, 0) is 28.7 Å². The Bertz CT molecular complexity index is 599. The number of esters is 2. The lowest BCUT2D eigenvalue weighted by atomic mass is 9.98. The summed E-state index contributed by atoms with van der Waals surface area (Å²) in [6, 6.07) is -0.610. The minimum Gasteiger partial charge on any atom is -0.469 e. The number of carbonyl (C=O) groups excluding carboxylic acids is 5. The maximum Gasteiger partial charge on any atom is 0.326 e. The second kappa shape index (κ2) is 8.63. The fourth-order valence-corrected chi connectivity index (χ4v) is 3.07. The molecule has 1 aliphatic heterocycles. The van der Waals surface area contributed by atoms with E-state index in [-0.39, 0.29) is 18.9 Å². The molecule has 0 aromatic heterocycles. The van der Waals surface area contributed by atoms with Gasteiger partial charge in [0.1, 0.15) is 12.1 Å². The van der Waals surface area contributed by atoms with E-state index in [1.165, 1.54) is 7.11 Å². The second-order valence-corrected chi connectivity index (χ2v) is 6.30. The van der Waals surface area contributed by atoms with Gasteiger partial charge in [-0.3, -0.25) is 24.1 Å². The molecule has 0 unspecified atom stereocenters. The highest BCUT2D eigenvalue weighted by Gasteiger charge is 2.52. The van der Waals surface area contributed by atoms with E-state index in [0.29, 0.717) is 19.3 Å². The summed E-state index contributed by atoms with van der Waals surface area (Å²) in [6.07, 6.45) is 3.40. The zero-order chi connectivity index (χ0) is 19.2. The molecule has 26 heavy (non-hydrogen) atoms. The maximum absolute atomic E-state index is 12.4. The van der Waals surface area contributed by atoms with Gasteiger partial charge in [-0.05, 0) is 19.3 Å². The number of ether oxygens (including phenoxy) is 2. The maximum atomic E-state index is 12.4. The summed E-state index contributed by atoms with van der Waals surface area (Å²) >= 11 is 0. The van der Waals surface area contributed by atoms with Gasteiger partial charge in [-0.15, -0.1) is 0 Å². The summed E-state index contributed by atoms with van der Waals surface area (Å²) in [7, 11) is 1.28. The number of nitrogens with one attached hydrogen (secondary N) is 2. The average molecular weight is 369 g/mol. The molecule has 1 heterocycles. The standard InChI is InChI=1S/C16H23N3O7/c1-25-12(21)5-4-8-17-11(20)10-26-13(22)9-19-14(23)16(18-15(19)24)6-2-3-7-16/h2-10H2,1H3,(H,17,20)(H,18,24). The van der Waals surface area contributed by atoms with Crippen molar-refractivity contribution < 1.29 is 33.4 Å². The first-order valence-electron chi connectivity index (χ1n) is 8.51. The Kier molecular flexibility index (Phi) is 6.53. The molecule has 0 radical (unpaired) electrons. The van der Waals surface area contributed by atoms with Gasteiger partial charge in [0.15, 0.2) is 6.61 Å². The molecule has 10 nitrogen and oxygen atoms in total. The van der Waals surface area contributed by atoms with Gasteiger partial charge >= 0.3 is 18.0 Å². The smallest absolute Gasteiger partial charge is 0.326 e. The van der Waals surface area contributed by atoms with Gasteiger partial charge < -0.3 is 20.1 Å². The summed E-state index contributed by atoms with van der Waals surface area (Å²) in [5, 5.41) is 5.14. The monoisotopic (exact) mass is 369 g/mol. The highest BCUT2D eigenvalue weighted by Crippen LogP contribution is 2.34. The van der Waals surface area contributed by atoms with Crippen LogP contribution in [0.2, 0.25) is 0 Å². The Morgan fingerprint density at radius 2 is 1.88 bits per heavy atom. The van der Waals surface area contributed by atoms with Crippen LogP contribution < -0.4 is 10.6 Å². The molecule has 0 aromatic rings. The van der Waals surface area contributed by atoms with Gasteiger partial charge in [-0.1, -0.05) is 12.8 Å². The van der Waals surface area contributed by atoms with Crippen LogP contribution in [0.5, 0.6) is 0 Å². The molecule has 0 aromatic carbocycles. The van der Waals surface area contributed by atoms with Gasteiger partial charge in [0.2, 0.25) is 0 Å². The minimum absolute atomic E-state index is 0.171. The summed E-state index contributed by atoms with van der Waals surface area (Å²) in [4.78, 5) is 59.5. The first-order valence-corrected chi connectivity index (χ1v) is 8.51. The molecule has 0 atom stereocenters. The number of methoxy groups -OCH3 is 1. The van der Waals surface area contributed by atoms with Crippen LogP contribution in [0, 0.1) is 0 Å². The Labute approximate surface area is 150 Å². The Balaban J connectivity index is 1.68. The van der Waals surface area contributed by atoms with Crippen molar-refractivity contribution >= 4 is 29.8 Å². The lowest BCUT2D eigenvalue weighted by Crippen LogP contribution is -2.44. The average Bonchev–Trinajstić information content (AvgIpc) is 3.17. The molecule has 2 aliphatic rings.